The van der Waals surface area contributed by atoms with Crippen LogP contribution in [0, 0.1) is 17.2 Å². The van der Waals surface area contributed by atoms with Crippen molar-refractivity contribution in [2.24, 2.45) is 11.3 Å². The molecule has 4 rings (SSSR count). The lowest BCUT2D eigenvalue weighted by Crippen LogP contribution is -2.51. The first-order valence-corrected chi connectivity index (χ1v) is 9.21. The highest BCUT2D eigenvalue weighted by Crippen LogP contribution is 2.38. The fraction of sp³-hybridized carbons (Fsp3) is 0.450. The van der Waals surface area contributed by atoms with E-state index < -0.39 is 17.2 Å². The summed E-state index contributed by atoms with van der Waals surface area (Å²) in [5, 5.41) is 13.8. The molecule has 7 heteroatoms. The number of carbonyl (C=O) groups is 2. The summed E-state index contributed by atoms with van der Waals surface area (Å²) in [5.74, 6) is -0.849. The van der Waals surface area contributed by atoms with Crippen LogP contribution in [0.25, 0.3) is 11.3 Å². The van der Waals surface area contributed by atoms with Gasteiger partial charge in [0.15, 0.2) is 0 Å². The second-order valence-corrected chi connectivity index (χ2v) is 7.56. The van der Waals surface area contributed by atoms with Crippen LogP contribution in [0.3, 0.4) is 0 Å². The third kappa shape index (κ3) is 3.46. The molecule has 2 aromatic rings. The maximum atomic E-state index is 13.9. The minimum atomic E-state index is -1.10. The highest BCUT2D eigenvalue weighted by Gasteiger charge is 2.46. The fourth-order valence-corrected chi connectivity index (χ4v) is 3.83. The average molecular weight is 372 g/mol. The molecule has 1 aliphatic carbocycles. The van der Waals surface area contributed by atoms with Crippen LogP contribution in [0.1, 0.15) is 31.4 Å². The van der Waals surface area contributed by atoms with Crippen LogP contribution < -0.4 is 0 Å². The number of benzene rings is 1. The predicted octanol–water partition coefficient (Wildman–Crippen LogP) is 3.13. The van der Waals surface area contributed by atoms with E-state index >= 15 is 0 Å². The Morgan fingerprint density at radius 3 is 2.81 bits per heavy atom. The topological polar surface area (TPSA) is 83.6 Å². The molecule has 2 heterocycles. The molecule has 27 heavy (non-hydrogen) atoms. The molecule has 0 unspecified atom stereocenters. The summed E-state index contributed by atoms with van der Waals surface area (Å²) in [6, 6.07) is 7.82. The van der Waals surface area contributed by atoms with Gasteiger partial charge < -0.3 is 14.5 Å². The summed E-state index contributed by atoms with van der Waals surface area (Å²) in [6.45, 7) is 0.772. The first-order chi connectivity index (χ1) is 13.0. The van der Waals surface area contributed by atoms with E-state index in [0.29, 0.717) is 36.4 Å². The number of aromatic nitrogens is 1. The SMILES string of the molecule is O=C(C1CC1)N1CCC[C@](Cc2cc(-c3ccccc3F)no2)(C(=O)O)C1. The normalized spacial score (nSPS) is 22.6. The molecule has 0 bridgehead atoms. The lowest BCUT2D eigenvalue weighted by Gasteiger charge is -2.39. The van der Waals surface area contributed by atoms with E-state index in [2.05, 4.69) is 5.16 Å². The maximum absolute atomic E-state index is 13.9. The molecule has 1 amide bonds. The molecule has 2 aliphatic rings. The molecular weight excluding hydrogens is 351 g/mol. The molecular formula is C20H21FN2O4. The summed E-state index contributed by atoms with van der Waals surface area (Å²) in [7, 11) is 0. The van der Waals surface area contributed by atoms with Crippen molar-refractivity contribution in [1.29, 1.82) is 0 Å². The Labute approximate surface area is 155 Å². The van der Waals surface area contributed by atoms with Gasteiger partial charge in [0, 0.05) is 37.1 Å². The Morgan fingerprint density at radius 2 is 2.11 bits per heavy atom. The number of carbonyl (C=O) groups excluding carboxylic acids is 1. The number of hydrogen-bond donors (Lipinski definition) is 1. The molecule has 142 valence electrons. The van der Waals surface area contributed by atoms with Gasteiger partial charge in [-0.25, -0.2) is 4.39 Å². The van der Waals surface area contributed by atoms with Crippen LogP contribution >= 0.6 is 0 Å². The van der Waals surface area contributed by atoms with Crippen molar-refractivity contribution >= 4 is 11.9 Å². The zero-order valence-electron chi connectivity index (χ0n) is 14.9. The third-order valence-electron chi connectivity index (χ3n) is 5.49. The number of amides is 1. The zero-order chi connectivity index (χ0) is 19.0. The van der Waals surface area contributed by atoms with E-state index in [1.165, 1.54) is 6.07 Å². The molecule has 0 radical (unpaired) electrons. The van der Waals surface area contributed by atoms with Crippen molar-refractivity contribution < 1.29 is 23.6 Å². The standard InChI is InChI=1S/C20H21FN2O4/c21-16-5-2-1-4-15(16)17-10-14(27-22-17)11-20(19(25)26)8-3-9-23(12-20)18(24)13-6-7-13/h1-2,4-5,10,13H,3,6-9,11-12H2,(H,25,26)/t20-/m1/s1. The second kappa shape index (κ2) is 6.79. The number of rotatable bonds is 5. The summed E-state index contributed by atoms with van der Waals surface area (Å²) in [6.07, 6.45) is 3.01. The van der Waals surface area contributed by atoms with E-state index in [9.17, 15) is 19.1 Å². The van der Waals surface area contributed by atoms with Crippen LogP contribution in [-0.2, 0) is 16.0 Å². The van der Waals surface area contributed by atoms with E-state index in [-0.39, 0.29) is 24.8 Å². The summed E-state index contributed by atoms with van der Waals surface area (Å²) in [4.78, 5) is 26.2. The number of piperidine rings is 1. The number of aliphatic carboxylic acids is 1. The number of carboxylic acid groups (broad SMARTS) is 1. The van der Waals surface area contributed by atoms with Crippen molar-refractivity contribution in [3.8, 4) is 11.3 Å². The van der Waals surface area contributed by atoms with Gasteiger partial charge in [-0.15, -0.1) is 0 Å². The molecule has 6 nitrogen and oxygen atoms in total. The Kier molecular flexibility index (Phi) is 4.45. The number of nitrogens with zero attached hydrogens (tertiary/aromatic N) is 2. The van der Waals surface area contributed by atoms with Crippen molar-refractivity contribution in [3.05, 3.63) is 41.9 Å². The van der Waals surface area contributed by atoms with Gasteiger partial charge in [0.05, 0.1) is 5.41 Å². The maximum Gasteiger partial charge on any atom is 0.311 e. The molecule has 1 saturated carbocycles. The molecule has 1 saturated heterocycles. The first kappa shape index (κ1) is 17.7. The summed E-state index contributed by atoms with van der Waals surface area (Å²) in [5.41, 5.74) is -0.453. The smallest absolute Gasteiger partial charge is 0.311 e. The van der Waals surface area contributed by atoms with Crippen LogP contribution in [0.15, 0.2) is 34.9 Å². The van der Waals surface area contributed by atoms with E-state index in [0.717, 1.165) is 12.8 Å². The Hall–Kier alpha value is -2.70. The Bertz CT molecular complexity index is 876. The number of hydrogen-bond acceptors (Lipinski definition) is 4. The Balaban J connectivity index is 1.56. The van der Waals surface area contributed by atoms with Gasteiger partial charge >= 0.3 is 5.97 Å². The van der Waals surface area contributed by atoms with Crippen molar-refractivity contribution in [2.75, 3.05) is 13.1 Å². The lowest BCUT2D eigenvalue weighted by molar-refractivity contribution is -0.155. The van der Waals surface area contributed by atoms with Crippen molar-refractivity contribution in [1.82, 2.24) is 10.1 Å². The van der Waals surface area contributed by atoms with Gasteiger partial charge in [-0.1, -0.05) is 17.3 Å². The van der Waals surface area contributed by atoms with E-state index in [4.69, 9.17) is 4.52 Å². The second-order valence-electron chi connectivity index (χ2n) is 7.56. The molecule has 2 fully saturated rings. The van der Waals surface area contributed by atoms with E-state index in [1.54, 1.807) is 29.2 Å². The average Bonchev–Trinajstić information content (AvgIpc) is 3.41. The molecule has 1 aromatic heterocycles. The zero-order valence-corrected chi connectivity index (χ0v) is 14.9. The number of halogens is 1. The minimum absolute atomic E-state index is 0.0601. The first-order valence-electron chi connectivity index (χ1n) is 9.21. The minimum Gasteiger partial charge on any atom is -0.481 e. The van der Waals surface area contributed by atoms with Gasteiger partial charge in [-0.2, -0.15) is 0 Å². The van der Waals surface area contributed by atoms with Gasteiger partial charge in [0.2, 0.25) is 5.91 Å². The molecule has 1 N–H and O–H groups in total. The van der Waals surface area contributed by atoms with Gasteiger partial charge in [0.25, 0.3) is 0 Å². The quantitative estimate of drug-likeness (QED) is 0.872. The predicted molar refractivity (Wildman–Crippen MR) is 94.2 cm³/mol. The van der Waals surface area contributed by atoms with Gasteiger partial charge in [0.1, 0.15) is 17.3 Å². The number of carboxylic acids is 1. The molecule has 1 aliphatic heterocycles. The third-order valence-corrected chi connectivity index (χ3v) is 5.49. The number of likely N-dealkylation sites (tertiary alicyclic amines) is 1. The van der Waals surface area contributed by atoms with Gasteiger partial charge in [-0.3, -0.25) is 9.59 Å². The highest BCUT2D eigenvalue weighted by atomic mass is 19.1. The monoisotopic (exact) mass is 372 g/mol. The van der Waals surface area contributed by atoms with Crippen LogP contribution in [0.4, 0.5) is 4.39 Å². The fourth-order valence-electron chi connectivity index (χ4n) is 3.83. The van der Waals surface area contributed by atoms with Crippen LogP contribution in [-0.4, -0.2) is 40.1 Å². The summed E-state index contributed by atoms with van der Waals surface area (Å²) >= 11 is 0. The lowest BCUT2D eigenvalue weighted by atomic mass is 9.76. The van der Waals surface area contributed by atoms with Gasteiger partial charge in [-0.05, 0) is 37.8 Å². The molecule has 0 spiro atoms. The highest BCUT2D eigenvalue weighted by molar-refractivity contribution is 5.83. The van der Waals surface area contributed by atoms with E-state index in [1.807, 2.05) is 0 Å². The van der Waals surface area contributed by atoms with Crippen molar-refractivity contribution in [2.45, 2.75) is 32.1 Å². The summed E-state index contributed by atoms with van der Waals surface area (Å²) < 4.78 is 19.3. The molecule has 1 aromatic carbocycles. The largest absolute Gasteiger partial charge is 0.481 e. The van der Waals surface area contributed by atoms with Crippen LogP contribution in [0.5, 0.6) is 0 Å². The van der Waals surface area contributed by atoms with Crippen LogP contribution in [0.2, 0.25) is 0 Å². The molecule has 1 atom stereocenters. The van der Waals surface area contributed by atoms with Crippen molar-refractivity contribution in [3.63, 3.8) is 0 Å². The Morgan fingerprint density at radius 1 is 1.33 bits per heavy atom.